The number of hydrogen-bond donors (Lipinski definition) is 2. The van der Waals surface area contributed by atoms with Gasteiger partial charge in [-0.1, -0.05) is 35.5 Å². The van der Waals surface area contributed by atoms with Crippen molar-refractivity contribution in [3.8, 4) is 11.3 Å². The van der Waals surface area contributed by atoms with Gasteiger partial charge in [0.1, 0.15) is 5.52 Å². The first-order valence-electron chi connectivity index (χ1n) is 8.09. The van der Waals surface area contributed by atoms with Crippen molar-refractivity contribution in [1.82, 2.24) is 10.1 Å². The van der Waals surface area contributed by atoms with Crippen LogP contribution in [0.5, 0.6) is 0 Å². The molecule has 0 aliphatic rings. The van der Waals surface area contributed by atoms with E-state index in [0.717, 1.165) is 10.9 Å². The Bertz CT molecular complexity index is 1130. The number of nitrogens with zero attached hydrogens (tertiary/aromatic N) is 2. The Labute approximate surface area is 157 Å². The molecule has 0 atom stereocenters. The summed E-state index contributed by atoms with van der Waals surface area (Å²) in [5.41, 5.74) is 7.69. The van der Waals surface area contributed by atoms with Crippen LogP contribution in [0.2, 0.25) is 0 Å². The first-order valence-corrected chi connectivity index (χ1v) is 8.97. The van der Waals surface area contributed by atoms with Crippen LogP contribution >= 0.6 is 11.3 Å². The summed E-state index contributed by atoms with van der Waals surface area (Å²) < 4.78 is 5.46. The fourth-order valence-corrected chi connectivity index (χ4v) is 3.38. The Morgan fingerprint density at radius 1 is 1.15 bits per heavy atom. The average molecular weight is 378 g/mol. The molecule has 2 heterocycles. The van der Waals surface area contributed by atoms with Crippen molar-refractivity contribution in [1.29, 1.82) is 0 Å². The number of nitrogens with two attached hydrogens (primary N) is 1. The van der Waals surface area contributed by atoms with Gasteiger partial charge in [-0.2, -0.15) is 0 Å². The van der Waals surface area contributed by atoms with Crippen molar-refractivity contribution in [2.24, 2.45) is 5.73 Å². The summed E-state index contributed by atoms with van der Waals surface area (Å²) in [6, 6.07) is 14.7. The number of fused-ring (bicyclic) bond motifs is 1. The van der Waals surface area contributed by atoms with E-state index in [1.807, 2.05) is 30.3 Å². The largest absolute Gasteiger partial charge is 0.369 e. The Morgan fingerprint density at radius 2 is 1.96 bits per heavy atom. The predicted octanol–water partition coefficient (Wildman–Crippen LogP) is 3.23. The normalized spacial score (nSPS) is 10.8. The van der Waals surface area contributed by atoms with Crippen LogP contribution in [0.4, 0.5) is 5.13 Å². The van der Waals surface area contributed by atoms with Crippen molar-refractivity contribution in [2.45, 2.75) is 6.42 Å². The highest BCUT2D eigenvalue weighted by Gasteiger charge is 2.15. The number of thiazole rings is 1. The van der Waals surface area contributed by atoms with E-state index in [9.17, 15) is 9.59 Å². The number of aromatic nitrogens is 2. The monoisotopic (exact) mass is 378 g/mol. The third kappa shape index (κ3) is 3.56. The maximum atomic E-state index is 12.6. The van der Waals surface area contributed by atoms with Gasteiger partial charge in [0.05, 0.1) is 17.5 Å². The summed E-state index contributed by atoms with van der Waals surface area (Å²) in [6.07, 6.45) is 0.0411. The number of carbonyl (C=O) groups is 2. The lowest BCUT2D eigenvalue weighted by molar-refractivity contribution is -0.117. The van der Waals surface area contributed by atoms with Crippen LogP contribution in [0, 0.1) is 0 Å². The van der Waals surface area contributed by atoms with Gasteiger partial charge in [0.25, 0.3) is 5.91 Å². The lowest BCUT2D eigenvalue weighted by Crippen LogP contribution is -2.14. The molecule has 134 valence electrons. The minimum atomic E-state index is -0.468. The molecule has 2 amide bonds. The number of nitrogens with one attached hydrogen (secondary N) is 1. The smallest absolute Gasteiger partial charge is 0.257 e. The molecule has 0 radical (unpaired) electrons. The van der Waals surface area contributed by atoms with Crippen LogP contribution in [-0.4, -0.2) is 22.0 Å². The van der Waals surface area contributed by atoms with Crippen molar-refractivity contribution in [2.75, 3.05) is 5.32 Å². The zero-order valence-electron chi connectivity index (χ0n) is 14.0. The molecule has 27 heavy (non-hydrogen) atoms. The zero-order valence-corrected chi connectivity index (χ0v) is 14.8. The van der Waals surface area contributed by atoms with Crippen LogP contribution < -0.4 is 11.1 Å². The molecule has 2 aromatic carbocycles. The highest BCUT2D eigenvalue weighted by atomic mass is 32.1. The third-order valence-electron chi connectivity index (χ3n) is 3.90. The first kappa shape index (κ1) is 16.9. The summed E-state index contributed by atoms with van der Waals surface area (Å²) in [6.45, 7) is 0. The number of amides is 2. The van der Waals surface area contributed by atoms with E-state index in [4.69, 9.17) is 10.3 Å². The van der Waals surface area contributed by atoms with Gasteiger partial charge in [0.15, 0.2) is 10.9 Å². The van der Waals surface area contributed by atoms with Gasteiger partial charge in [0, 0.05) is 16.5 Å². The first-order chi connectivity index (χ1) is 13.1. The molecule has 7 nitrogen and oxygen atoms in total. The number of primary amides is 1. The maximum absolute atomic E-state index is 12.6. The maximum Gasteiger partial charge on any atom is 0.257 e. The lowest BCUT2D eigenvalue weighted by Gasteiger charge is -2.02. The fraction of sp³-hybridized carbons (Fsp3) is 0.0526. The summed E-state index contributed by atoms with van der Waals surface area (Å²) in [5, 5.41) is 9.63. The second-order valence-electron chi connectivity index (χ2n) is 5.85. The molecular formula is C19H14N4O3S. The van der Waals surface area contributed by atoms with Crippen molar-refractivity contribution in [3.63, 3.8) is 0 Å². The van der Waals surface area contributed by atoms with Gasteiger partial charge in [0.2, 0.25) is 5.91 Å². The molecule has 0 aliphatic heterocycles. The SMILES string of the molecule is NC(=O)Cc1csc(NC(=O)c2ccc3noc(-c4ccccc4)c3c2)n1. The van der Waals surface area contributed by atoms with Crippen LogP contribution in [0.1, 0.15) is 16.1 Å². The van der Waals surface area contributed by atoms with E-state index >= 15 is 0 Å². The lowest BCUT2D eigenvalue weighted by atomic mass is 10.1. The number of carbonyl (C=O) groups excluding carboxylic acids is 2. The minimum absolute atomic E-state index is 0.0411. The third-order valence-corrected chi connectivity index (χ3v) is 4.71. The van der Waals surface area contributed by atoms with Crippen LogP contribution in [-0.2, 0) is 11.2 Å². The Morgan fingerprint density at radius 3 is 2.74 bits per heavy atom. The Kier molecular flexibility index (Phi) is 4.39. The molecule has 0 aliphatic carbocycles. The van der Waals surface area contributed by atoms with Gasteiger partial charge >= 0.3 is 0 Å². The van der Waals surface area contributed by atoms with Gasteiger partial charge in [-0.3, -0.25) is 14.9 Å². The predicted molar refractivity (Wildman–Crippen MR) is 102 cm³/mol. The van der Waals surface area contributed by atoms with E-state index in [-0.39, 0.29) is 12.3 Å². The molecule has 4 rings (SSSR count). The van der Waals surface area contributed by atoms with E-state index in [1.54, 1.807) is 23.6 Å². The second kappa shape index (κ2) is 7.00. The standard InChI is InChI=1S/C19H14N4O3S/c20-16(24)9-13-10-27-19(21-13)22-18(25)12-6-7-15-14(8-12)17(26-23-15)11-4-2-1-3-5-11/h1-8,10H,9H2,(H2,20,24)(H,21,22,25). The van der Waals surface area contributed by atoms with Crippen LogP contribution in [0.3, 0.4) is 0 Å². The summed E-state index contributed by atoms with van der Waals surface area (Å²) in [7, 11) is 0. The zero-order chi connectivity index (χ0) is 18.8. The quantitative estimate of drug-likeness (QED) is 0.554. The molecule has 0 saturated carbocycles. The van der Waals surface area contributed by atoms with Crippen molar-refractivity contribution in [3.05, 3.63) is 65.2 Å². The molecule has 0 fully saturated rings. The molecular weight excluding hydrogens is 364 g/mol. The van der Waals surface area contributed by atoms with Crippen molar-refractivity contribution >= 4 is 39.2 Å². The second-order valence-corrected chi connectivity index (χ2v) is 6.71. The number of hydrogen-bond acceptors (Lipinski definition) is 6. The van der Waals surface area contributed by atoms with Crippen LogP contribution in [0.25, 0.3) is 22.2 Å². The summed E-state index contributed by atoms with van der Waals surface area (Å²) in [5.74, 6) is -0.167. The molecule has 4 aromatic rings. The number of rotatable bonds is 5. The molecule has 2 aromatic heterocycles. The van der Waals surface area contributed by atoms with Gasteiger partial charge in [-0.25, -0.2) is 4.98 Å². The summed E-state index contributed by atoms with van der Waals surface area (Å²) in [4.78, 5) is 27.7. The molecule has 0 spiro atoms. The molecule has 8 heteroatoms. The van der Waals surface area contributed by atoms with Gasteiger partial charge < -0.3 is 10.3 Å². The van der Waals surface area contributed by atoms with E-state index in [1.165, 1.54) is 11.3 Å². The molecule has 0 bridgehead atoms. The molecule has 0 unspecified atom stereocenters. The van der Waals surface area contributed by atoms with Crippen LogP contribution in [0.15, 0.2) is 58.4 Å². The highest BCUT2D eigenvalue weighted by molar-refractivity contribution is 7.14. The Balaban J connectivity index is 1.61. The summed E-state index contributed by atoms with van der Waals surface area (Å²) >= 11 is 1.24. The van der Waals surface area contributed by atoms with Crippen molar-refractivity contribution < 1.29 is 14.1 Å². The number of benzene rings is 2. The molecule has 3 N–H and O–H groups in total. The highest BCUT2D eigenvalue weighted by Crippen LogP contribution is 2.29. The van der Waals surface area contributed by atoms with E-state index in [2.05, 4.69) is 15.5 Å². The molecule has 0 saturated heterocycles. The minimum Gasteiger partial charge on any atom is -0.369 e. The average Bonchev–Trinajstić information content (AvgIpc) is 3.28. The van der Waals surface area contributed by atoms with E-state index in [0.29, 0.717) is 27.7 Å². The van der Waals surface area contributed by atoms with E-state index < -0.39 is 5.91 Å². The number of anilines is 1. The van der Waals surface area contributed by atoms with Gasteiger partial charge in [-0.15, -0.1) is 11.3 Å². The fourth-order valence-electron chi connectivity index (χ4n) is 2.67. The topological polar surface area (TPSA) is 111 Å². The Hall–Kier alpha value is -3.52. The van der Waals surface area contributed by atoms with Gasteiger partial charge in [-0.05, 0) is 18.2 Å².